The van der Waals surface area contributed by atoms with Crippen LogP contribution >= 0.6 is 0 Å². The third-order valence-electron chi connectivity index (χ3n) is 4.87. The molecule has 0 spiro atoms. The molecule has 4 nitrogen and oxygen atoms in total. The van der Waals surface area contributed by atoms with Crippen LogP contribution in [0.25, 0.3) is 0 Å². The Morgan fingerprint density at radius 1 is 1.35 bits per heavy atom. The predicted octanol–water partition coefficient (Wildman–Crippen LogP) is 0.751. The Labute approximate surface area is 102 Å². The van der Waals surface area contributed by atoms with E-state index >= 15 is 0 Å². The molecule has 3 aliphatic rings. The summed E-state index contributed by atoms with van der Waals surface area (Å²) >= 11 is 0. The van der Waals surface area contributed by atoms with Crippen LogP contribution in [0.1, 0.15) is 32.6 Å². The first-order chi connectivity index (χ1) is 8.10. The number of hydrogen-bond acceptors (Lipinski definition) is 3. The van der Waals surface area contributed by atoms with Gasteiger partial charge < -0.3 is 15.4 Å². The zero-order valence-electron chi connectivity index (χ0n) is 10.5. The van der Waals surface area contributed by atoms with Crippen molar-refractivity contribution in [2.75, 3.05) is 19.7 Å². The molecule has 2 heterocycles. The van der Waals surface area contributed by atoms with Crippen LogP contribution in [0.5, 0.6) is 0 Å². The Bertz CT molecular complexity index is 311. The third kappa shape index (κ3) is 1.78. The first-order valence-corrected chi connectivity index (χ1v) is 6.79. The lowest BCUT2D eigenvalue weighted by Gasteiger charge is -2.39. The fraction of sp³-hybridized carbons (Fsp3) is 0.923. The van der Waals surface area contributed by atoms with E-state index in [1.807, 2.05) is 11.8 Å². The molecule has 17 heavy (non-hydrogen) atoms. The highest BCUT2D eigenvalue weighted by Gasteiger charge is 2.46. The summed E-state index contributed by atoms with van der Waals surface area (Å²) in [6, 6.07) is 0.316. The molecule has 0 aromatic heterocycles. The van der Waals surface area contributed by atoms with Crippen molar-refractivity contribution in [3.8, 4) is 0 Å². The van der Waals surface area contributed by atoms with E-state index in [2.05, 4.69) is 0 Å². The highest BCUT2D eigenvalue weighted by atomic mass is 16.5. The average Bonchev–Trinajstić information content (AvgIpc) is 2.81. The Morgan fingerprint density at radius 3 is 2.53 bits per heavy atom. The lowest BCUT2D eigenvalue weighted by Crippen LogP contribution is -2.55. The van der Waals surface area contributed by atoms with Gasteiger partial charge in [-0.25, -0.2) is 0 Å². The zero-order chi connectivity index (χ0) is 12.0. The number of ether oxygens (including phenoxy) is 1. The van der Waals surface area contributed by atoms with Crippen LogP contribution in [0.4, 0.5) is 0 Å². The van der Waals surface area contributed by atoms with Gasteiger partial charge >= 0.3 is 0 Å². The summed E-state index contributed by atoms with van der Waals surface area (Å²) in [5.41, 5.74) is 5.61. The molecule has 3 rings (SSSR count). The van der Waals surface area contributed by atoms with Crippen molar-refractivity contribution in [3.63, 3.8) is 0 Å². The first-order valence-electron chi connectivity index (χ1n) is 6.79. The second kappa shape index (κ2) is 3.95. The van der Waals surface area contributed by atoms with Crippen LogP contribution in [0.15, 0.2) is 0 Å². The number of nitrogens with zero attached hydrogens (tertiary/aromatic N) is 1. The van der Waals surface area contributed by atoms with E-state index in [0.717, 1.165) is 32.5 Å². The molecule has 0 aromatic carbocycles. The summed E-state index contributed by atoms with van der Waals surface area (Å²) in [5.74, 6) is 1.23. The molecule has 1 unspecified atom stereocenters. The Morgan fingerprint density at radius 2 is 2.00 bits per heavy atom. The van der Waals surface area contributed by atoms with Gasteiger partial charge in [0.2, 0.25) is 0 Å². The second-order valence-electron chi connectivity index (χ2n) is 6.07. The smallest absolute Gasteiger partial charge is 0.254 e. The Kier molecular flexibility index (Phi) is 2.67. The Balaban J connectivity index is 1.72. The van der Waals surface area contributed by atoms with Crippen LogP contribution < -0.4 is 5.73 Å². The summed E-state index contributed by atoms with van der Waals surface area (Å²) in [5, 5.41) is 0. The molecule has 1 saturated carbocycles. The van der Waals surface area contributed by atoms with Crippen LogP contribution in [-0.2, 0) is 9.53 Å². The van der Waals surface area contributed by atoms with Gasteiger partial charge in [0, 0.05) is 25.7 Å². The van der Waals surface area contributed by atoms with Crippen LogP contribution in [0.3, 0.4) is 0 Å². The quantitative estimate of drug-likeness (QED) is 0.733. The highest BCUT2D eigenvalue weighted by Crippen LogP contribution is 2.37. The number of nitrogens with two attached hydrogens (primary N) is 1. The summed E-state index contributed by atoms with van der Waals surface area (Å²) < 4.78 is 5.65. The monoisotopic (exact) mass is 238 g/mol. The average molecular weight is 238 g/mol. The van der Waals surface area contributed by atoms with E-state index in [1.54, 1.807) is 0 Å². The van der Waals surface area contributed by atoms with Crippen LogP contribution in [-0.4, -0.2) is 42.1 Å². The fourth-order valence-corrected chi connectivity index (χ4v) is 3.71. The molecule has 2 aliphatic heterocycles. The number of carbonyl (C=O) groups is 1. The number of hydrogen-bond donors (Lipinski definition) is 1. The van der Waals surface area contributed by atoms with Gasteiger partial charge in [-0.05, 0) is 44.4 Å². The Hall–Kier alpha value is -0.610. The molecule has 0 radical (unpaired) electrons. The van der Waals surface area contributed by atoms with E-state index in [4.69, 9.17) is 10.5 Å². The molecular weight excluding hydrogens is 216 g/mol. The normalized spacial score (nSPS) is 45.3. The van der Waals surface area contributed by atoms with E-state index < -0.39 is 5.60 Å². The molecule has 4 heteroatoms. The SMILES string of the molecule is C[C@]1(C(=O)N2C[C@H]3CC[C@@H](C2)C3N)CCCO1. The van der Waals surface area contributed by atoms with E-state index in [0.29, 0.717) is 17.9 Å². The molecule has 0 aromatic rings. The van der Waals surface area contributed by atoms with Crippen molar-refractivity contribution >= 4 is 5.91 Å². The summed E-state index contributed by atoms with van der Waals surface area (Å²) in [4.78, 5) is 14.5. The summed E-state index contributed by atoms with van der Waals surface area (Å²) in [6.07, 6.45) is 4.24. The number of piperidine rings is 1. The molecule has 2 N–H and O–H groups in total. The van der Waals surface area contributed by atoms with Gasteiger partial charge in [0.25, 0.3) is 5.91 Å². The lowest BCUT2D eigenvalue weighted by atomic mass is 9.91. The van der Waals surface area contributed by atoms with Crippen molar-refractivity contribution in [3.05, 3.63) is 0 Å². The number of likely N-dealkylation sites (tertiary alicyclic amines) is 1. The van der Waals surface area contributed by atoms with Crippen molar-refractivity contribution in [1.82, 2.24) is 4.90 Å². The molecule has 1 amide bonds. The molecule has 2 bridgehead atoms. The minimum Gasteiger partial charge on any atom is -0.365 e. The maximum Gasteiger partial charge on any atom is 0.254 e. The van der Waals surface area contributed by atoms with Crippen LogP contribution in [0, 0.1) is 11.8 Å². The molecule has 3 fully saturated rings. The van der Waals surface area contributed by atoms with Gasteiger partial charge in [0.05, 0.1) is 0 Å². The second-order valence-corrected chi connectivity index (χ2v) is 6.07. The molecular formula is C13H22N2O2. The number of fused-ring (bicyclic) bond motifs is 2. The maximum atomic E-state index is 12.5. The summed E-state index contributed by atoms with van der Waals surface area (Å²) in [7, 11) is 0. The van der Waals surface area contributed by atoms with Crippen molar-refractivity contribution < 1.29 is 9.53 Å². The van der Waals surface area contributed by atoms with Crippen LogP contribution in [0.2, 0.25) is 0 Å². The minimum atomic E-state index is -0.555. The highest BCUT2D eigenvalue weighted by molar-refractivity contribution is 5.85. The van der Waals surface area contributed by atoms with Crippen molar-refractivity contribution in [1.29, 1.82) is 0 Å². The van der Waals surface area contributed by atoms with Gasteiger partial charge in [0.1, 0.15) is 5.60 Å². The first kappa shape index (κ1) is 11.5. The van der Waals surface area contributed by atoms with Gasteiger partial charge in [-0.1, -0.05) is 0 Å². The van der Waals surface area contributed by atoms with E-state index in [1.165, 1.54) is 12.8 Å². The maximum absolute atomic E-state index is 12.5. The van der Waals surface area contributed by atoms with Gasteiger partial charge in [-0.2, -0.15) is 0 Å². The molecule has 2 saturated heterocycles. The largest absolute Gasteiger partial charge is 0.365 e. The van der Waals surface area contributed by atoms with E-state index in [-0.39, 0.29) is 5.91 Å². The third-order valence-corrected chi connectivity index (χ3v) is 4.87. The lowest BCUT2D eigenvalue weighted by molar-refractivity contribution is -0.153. The predicted molar refractivity (Wildman–Crippen MR) is 64.4 cm³/mol. The van der Waals surface area contributed by atoms with Crippen molar-refractivity contribution in [2.45, 2.75) is 44.2 Å². The number of amides is 1. The standard InChI is InChI=1S/C13H22N2O2/c1-13(5-2-6-17-13)12(16)15-7-9-3-4-10(8-15)11(9)14/h9-11H,2-8,14H2,1H3/t9-,10+,11?,13-/m1/s1. The minimum absolute atomic E-state index is 0.193. The van der Waals surface area contributed by atoms with Gasteiger partial charge in [-0.3, -0.25) is 4.79 Å². The molecule has 4 atom stereocenters. The molecule has 96 valence electrons. The van der Waals surface area contributed by atoms with Gasteiger partial charge in [-0.15, -0.1) is 0 Å². The van der Waals surface area contributed by atoms with Gasteiger partial charge in [0.15, 0.2) is 0 Å². The summed E-state index contributed by atoms with van der Waals surface area (Å²) in [6.45, 7) is 4.35. The van der Waals surface area contributed by atoms with Crippen molar-refractivity contribution in [2.24, 2.45) is 17.6 Å². The number of rotatable bonds is 1. The zero-order valence-corrected chi connectivity index (χ0v) is 10.5. The topological polar surface area (TPSA) is 55.6 Å². The fourth-order valence-electron chi connectivity index (χ4n) is 3.71. The number of carbonyl (C=O) groups excluding carboxylic acids is 1. The molecule has 1 aliphatic carbocycles. The van der Waals surface area contributed by atoms with E-state index in [9.17, 15) is 4.79 Å².